The Kier molecular flexibility index (Phi) is 14.7. The smallest absolute Gasteiger partial charge is 0.322 e. The number of amides is 3. The summed E-state index contributed by atoms with van der Waals surface area (Å²) in [5.41, 5.74) is 16.8. The van der Waals surface area contributed by atoms with Gasteiger partial charge < -0.3 is 42.8 Å². The molecular formula is C20H31N5O8S. The lowest BCUT2D eigenvalue weighted by Crippen LogP contribution is -2.49. The quantitative estimate of drug-likeness (QED) is 0.136. The average molecular weight is 502 g/mol. The van der Waals surface area contributed by atoms with E-state index in [1.54, 1.807) is 7.11 Å². The molecule has 0 aliphatic heterocycles. The first-order chi connectivity index (χ1) is 15.9. The van der Waals surface area contributed by atoms with Gasteiger partial charge in [0.05, 0.1) is 13.2 Å². The van der Waals surface area contributed by atoms with Crippen LogP contribution >= 0.6 is 12.6 Å². The summed E-state index contributed by atoms with van der Waals surface area (Å²) in [5.74, 6) is -3.41. The molecule has 1 aromatic carbocycles. The monoisotopic (exact) mass is 501 g/mol. The Morgan fingerprint density at radius 2 is 1.65 bits per heavy atom. The molecule has 0 spiro atoms. The minimum Gasteiger partial charge on any atom is -0.497 e. The van der Waals surface area contributed by atoms with Crippen LogP contribution in [-0.2, 0) is 30.4 Å². The number of carbonyl (C=O) groups is 5. The van der Waals surface area contributed by atoms with Gasteiger partial charge in [0.15, 0.2) is 0 Å². The number of carbonyl (C=O) groups excluding carboxylic acids is 3. The van der Waals surface area contributed by atoms with Gasteiger partial charge in [-0.3, -0.25) is 24.0 Å². The molecule has 0 fully saturated rings. The molecule has 13 nitrogen and oxygen atoms in total. The molecule has 0 aliphatic carbocycles. The zero-order chi connectivity index (χ0) is 26.3. The van der Waals surface area contributed by atoms with Crippen molar-refractivity contribution in [2.75, 3.05) is 19.4 Å². The third-order valence-electron chi connectivity index (χ3n) is 4.23. The number of rotatable bonds is 13. The maximum atomic E-state index is 11.5. The number of thiol groups is 1. The molecular weight excluding hydrogens is 470 g/mol. The van der Waals surface area contributed by atoms with E-state index in [1.807, 2.05) is 24.3 Å². The molecule has 3 amide bonds. The molecule has 0 saturated carbocycles. The number of aliphatic carboxylic acids is 2. The van der Waals surface area contributed by atoms with Crippen molar-refractivity contribution in [2.45, 2.75) is 37.4 Å². The highest BCUT2D eigenvalue weighted by Gasteiger charge is 2.21. The summed E-state index contributed by atoms with van der Waals surface area (Å²) in [6.07, 6.45) is 0.223. The summed E-state index contributed by atoms with van der Waals surface area (Å²) in [6, 6.07) is 4.60. The van der Waals surface area contributed by atoms with E-state index in [4.69, 9.17) is 32.2 Å². The fourth-order valence-corrected chi connectivity index (χ4v) is 2.53. The van der Waals surface area contributed by atoms with Crippen molar-refractivity contribution in [2.24, 2.45) is 17.2 Å². The van der Waals surface area contributed by atoms with Crippen LogP contribution in [0.25, 0.3) is 0 Å². The molecule has 0 saturated heterocycles. The number of nitrogens with one attached hydrogen (secondary N) is 2. The zero-order valence-corrected chi connectivity index (χ0v) is 19.5. The van der Waals surface area contributed by atoms with Crippen molar-refractivity contribution >= 4 is 42.3 Å². The van der Waals surface area contributed by atoms with Crippen LogP contribution in [0.4, 0.5) is 0 Å². The van der Waals surface area contributed by atoms with Crippen molar-refractivity contribution in [1.29, 1.82) is 0 Å². The van der Waals surface area contributed by atoms with Crippen LogP contribution < -0.4 is 32.6 Å². The fourth-order valence-electron chi connectivity index (χ4n) is 2.27. The molecule has 34 heavy (non-hydrogen) atoms. The third-order valence-corrected chi connectivity index (χ3v) is 4.59. The highest BCUT2D eigenvalue weighted by atomic mass is 32.1. The minimum absolute atomic E-state index is 0.0256. The van der Waals surface area contributed by atoms with Gasteiger partial charge in [-0.15, -0.1) is 0 Å². The SMILES string of the molecule is COc1ccc(C[C@H](N)C(N)=O)cc1.N[C@@H](CCC(=O)N[C@@H](CS)C(=O)NCC(=O)O)C(=O)O. The van der Waals surface area contributed by atoms with Crippen LogP contribution in [-0.4, -0.2) is 77.4 Å². The number of benzene rings is 1. The number of carboxylic acids is 2. The molecule has 0 heterocycles. The maximum Gasteiger partial charge on any atom is 0.322 e. The summed E-state index contributed by atoms with van der Waals surface area (Å²) in [4.78, 5) is 54.4. The van der Waals surface area contributed by atoms with Crippen molar-refractivity contribution in [3.63, 3.8) is 0 Å². The van der Waals surface area contributed by atoms with Gasteiger partial charge in [0.25, 0.3) is 0 Å². The van der Waals surface area contributed by atoms with Crippen LogP contribution in [0.1, 0.15) is 18.4 Å². The zero-order valence-electron chi connectivity index (χ0n) is 18.6. The molecule has 0 aliphatic rings. The second kappa shape index (κ2) is 16.3. The number of primary amides is 1. The Hall–Kier alpha value is -3.36. The Morgan fingerprint density at radius 1 is 1.06 bits per heavy atom. The average Bonchev–Trinajstić information content (AvgIpc) is 2.79. The van der Waals surface area contributed by atoms with E-state index in [-0.39, 0.29) is 18.6 Å². The third kappa shape index (κ3) is 13.2. The molecule has 1 aromatic rings. The normalized spacial score (nSPS) is 12.7. The summed E-state index contributed by atoms with van der Waals surface area (Å²) in [7, 11) is 1.60. The van der Waals surface area contributed by atoms with Crippen LogP contribution in [0.3, 0.4) is 0 Å². The van der Waals surface area contributed by atoms with Gasteiger partial charge in [0.2, 0.25) is 17.7 Å². The molecule has 0 aromatic heterocycles. The van der Waals surface area contributed by atoms with E-state index < -0.39 is 54.3 Å². The van der Waals surface area contributed by atoms with Gasteiger partial charge in [-0.05, 0) is 30.5 Å². The Bertz CT molecular complexity index is 837. The largest absolute Gasteiger partial charge is 0.497 e. The van der Waals surface area contributed by atoms with Gasteiger partial charge in [0.1, 0.15) is 24.4 Å². The highest BCUT2D eigenvalue weighted by molar-refractivity contribution is 7.80. The Morgan fingerprint density at radius 3 is 2.09 bits per heavy atom. The molecule has 0 radical (unpaired) electrons. The summed E-state index contributed by atoms with van der Waals surface area (Å²) in [6.45, 7) is -0.567. The van der Waals surface area contributed by atoms with Crippen molar-refractivity contribution in [3.8, 4) is 5.75 Å². The Balaban J connectivity index is 0.000000679. The standard InChI is InChI=1S/C10H17N3O6S.C10H14N2O2/c11-5(10(18)19)1-2-7(14)13-6(4-20)9(17)12-3-8(15)16;1-14-8-4-2-7(3-5-8)6-9(11)10(12)13/h5-6,20H,1-4,11H2,(H,12,17)(H,13,14)(H,15,16)(H,18,19);2-5,9H,6,11H2,1H3,(H2,12,13)/t5-,6-;9-/m00/s1. The molecule has 0 bridgehead atoms. The molecule has 10 N–H and O–H groups in total. The van der Waals surface area contributed by atoms with E-state index in [9.17, 15) is 24.0 Å². The highest BCUT2D eigenvalue weighted by Crippen LogP contribution is 2.12. The predicted octanol–water partition coefficient (Wildman–Crippen LogP) is -2.16. The van der Waals surface area contributed by atoms with E-state index in [2.05, 4.69) is 23.3 Å². The van der Waals surface area contributed by atoms with E-state index in [1.165, 1.54) is 0 Å². The minimum atomic E-state index is -1.22. The van der Waals surface area contributed by atoms with Crippen LogP contribution in [0.15, 0.2) is 24.3 Å². The van der Waals surface area contributed by atoms with Gasteiger partial charge in [-0.25, -0.2) is 0 Å². The summed E-state index contributed by atoms with van der Waals surface area (Å²) >= 11 is 3.87. The number of nitrogens with two attached hydrogens (primary N) is 3. The van der Waals surface area contributed by atoms with Crippen molar-refractivity contribution < 1.29 is 38.9 Å². The first-order valence-electron chi connectivity index (χ1n) is 9.97. The molecule has 3 atom stereocenters. The van der Waals surface area contributed by atoms with E-state index >= 15 is 0 Å². The van der Waals surface area contributed by atoms with Crippen LogP contribution in [0, 0.1) is 0 Å². The second-order valence-electron chi connectivity index (χ2n) is 6.96. The Labute approximate surface area is 201 Å². The summed E-state index contributed by atoms with van der Waals surface area (Å²) in [5, 5.41) is 21.4. The van der Waals surface area contributed by atoms with E-state index in [0.717, 1.165) is 11.3 Å². The van der Waals surface area contributed by atoms with Crippen LogP contribution in [0.2, 0.25) is 0 Å². The lowest BCUT2D eigenvalue weighted by atomic mass is 10.1. The molecule has 14 heteroatoms. The van der Waals surface area contributed by atoms with Gasteiger partial charge in [-0.1, -0.05) is 12.1 Å². The van der Waals surface area contributed by atoms with Gasteiger partial charge in [0, 0.05) is 12.2 Å². The second-order valence-corrected chi connectivity index (χ2v) is 7.32. The fraction of sp³-hybridized carbons (Fsp3) is 0.450. The van der Waals surface area contributed by atoms with Gasteiger partial charge >= 0.3 is 11.9 Å². The number of hydrogen-bond donors (Lipinski definition) is 8. The van der Waals surface area contributed by atoms with Crippen LogP contribution in [0.5, 0.6) is 5.75 Å². The first-order valence-corrected chi connectivity index (χ1v) is 10.6. The molecule has 190 valence electrons. The maximum absolute atomic E-state index is 11.5. The molecule has 0 unspecified atom stereocenters. The molecule has 1 rings (SSSR count). The predicted molar refractivity (Wildman–Crippen MR) is 125 cm³/mol. The van der Waals surface area contributed by atoms with Gasteiger partial charge in [-0.2, -0.15) is 12.6 Å². The number of hydrogen-bond acceptors (Lipinski definition) is 9. The van der Waals surface area contributed by atoms with E-state index in [0.29, 0.717) is 6.42 Å². The lowest BCUT2D eigenvalue weighted by Gasteiger charge is -2.16. The number of methoxy groups -OCH3 is 1. The summed E-state index contributed by atoms with van der Waals surface area (Å²) < 4.78 is 5.00. The van der Waals surface area contributed by atoms with Crippen molar-refractivity contribution in [1.82, 2.24) is 10.6 Å². The number of ether oxygens (including phenoxy) is 1. The first kappa shape index (κ1) is 30.6. The lowest BCUT2D eigenvalue weighted by molar-refractivity contribution is -0.139. The number of carboxylic acid groups (broad SMARTS) is 2. The van der Waals surface area contributed by atoms with Crippen molar-refractivity contribution in [3.05, 3.63) is 29.8 Å². The topological polar surface area (TPSA) is 237 Å².